The van der Waals surface area contributed by atoms with Crippen LogP contribution in [0.2, 0.25) is 0 Å². The monoisotopic (exact) mass is 269 g/mol. The highest BCUT2D eigenvalue weighted by molar-refractivity contribution is 5.96. The number of benzene rings is 2. The number of hydrogen-bond acceptors (Lipinski definition) is 2. The summed E-state index contributed by atoms with van der Waals surface area (Å²) in [6.07, 6.45) is 2.12. The van der Waals surface area contributed by atoms with Crippen molar-refractivity contribution in [2.75, 3.05) is 20.6 Å². The highest BCUT2D eigenvalue weighted by atomic mass is 16.3. The van der Waals surface area contributed by atoms with Gasteiger partial charge in [-0.25, -0.2) is 0 Å². The predicted molar refractivity (Wildman–Crippen MR) is 87.0 cm³/mol. The molecule has 2 heteroatoms. The highest BCUT2D eigenvalue weighted by Gasteiger charge is 2.17. The van der Waals surface area contributed by atoms with Crippen molar-refractivity contribution in [1.29, 1.82) is 0 Å². The standard InChI is InChI=1S/C18H23NO/c1-5-15(13(2)12-19(3)4)18-16-9-7-6-8-14(16)10-11-17(18)20/h5-11,13,20H,12H2,1-4H3/b15-5-. The van der Waals surface area contributed by atoms with Crippen molar-refractivity contribution in [3.63, 3.8) is 0 Å². The molecular formula is C18H23NO. The van der Waals surface area contributed by atoms with Gasteiger partial charge in [-0.3, -0.25) is 0 Å². The van der Waals surface area contributed by atoms with Crippen molar-refractivity contribution < 1.29 is 5.11 Å². The largest absolute Gasteiger partial charge is 0.507 e. The number of allylic oxidation sites excluding steroid dienone is 1. The summed E-state index contributed by atoms with van der Waals surface area (Å²) in [5, 5.41) is 12.6. The fourth-order valence-corrected chi connectivity index (χ4v) is 2.88. The Kier molecular flexibility index (Phi) is 4.46. The topological polar surface area (TPSA) is 23.5 Å². The maximum absolute atomic E-state index is 10.3. The summed E-state index contributed by atoms with van der Waals surface area (Å²) in [6, 6.07) is 12.0. The lowest BCUT2D eigenvalue weighted by Gasteiger charge is -2.22. The minimum absolute atomic E-state index is 0.363. The third-order valence-corrected chi connectivity index (χ3v) is 3.68. The van der Waals surface area contributed by atoms with Gasteiger partial charge in [0.2, 0.25) is 0 Å². The third-order valence-electron chi connectivity index (χ3n) is 3.68. The zero-order valence-corrected chi connectivity index (χ0v) is 12.7. The van der Waals surface area contributed by atoms with Crippen LogP contribution in [0.5, 0.6) is 5.75 Å². The molecule has 0 fully saturated rings. The molecule has 2 nitrogen and oxygen atoms in total. The lowest BCUT2D eigenvalue weighted by molar-refractivity contribution is 0.375. The first kappa shape index (κ1) is 14.6. The number of nitrogens with zero attached hydrogens (tertiary/aromatic N) is 1. The van der Waals surface area contributed by atoms with Crippen LogP contribution < -0.4 is 0 Å². The van der Waals surface area contributed by atoms with Gasteiger partial charge in [-0.2, -0.15) is 0 Å². The van der Waals surface area contributed by atoms with Crippen LogP contribution >= 0.6 is 0 Å². The minimum atomic E-state index is 0.363. The lowest BCUT2D eigenvalue weighted by Crippen LogP contribution is -2.20. The molecule has 0 aliphatic carbocycles. The highest BCUT2D eigenvalue weighted by Crippen LogP contribution is 2.36. The Hall–Kier alpha value is -1.80. The predicted octanol–water partition coefficient (Wildman–Crippen LogP) is 4.15. The van der Waals surface area contributed by atoms with Crippen LogP contribution in [-0.4, -0.2) is 30.6 Å². The summed E-state index contributed by atoms with van der Waals surface area (Å²) in [5.74, 6) is 0.731. The van der Waals surface area contributed by atoms with Crippen molar-refractivity contribution in [1.82, 2.24) is 4.90 Å². The van der Waals surface area contributed by atoms with E-state index in [-0.39, 0.29) is 0 Å². The van der Waals surface area contributed by atoms with E-state index in [0.717, 1.165) is 22.9 Å². The van der Waals surface area contributed by atoms with Gasteiger partial charge in [0, 0.05) is 12.1 Å². The van der Waals surface area contributed by atoms with E-state index in [1.807, 2.05) is 25.1 Å². The first-order valence-electron chi connectivity index (χ1n) is 7.06. The normalized spacial score (nSPS) is 13.9. The van der Waals surface area contributed by atoms with Crippen LogP contribution in [0.3, 0.4) is 0 Å². The lowest BCUT2D eigenvalue weighted by atomic mass is 9.89. The second-order valence-electron chi connectivity index (χ2n) is 5.59. The molecular weight excluding hydrogens is 246 g/mol. The SMILES string of the molecule is C/C=C(\c1c(O)ccc2ccccc12)C(C)CN(C)C. The number of hydrogen-bond donors (Lipinski definition) is 1. The van der Waals surface area contributed by atoms with Crippen molar-refractivity contribution in [3.8, 4) is 5.75 Å². The van der Waals surface area contributed by atoms with Crippen molar-refractivity contribution in [3.05, 3.63) is 48.0 Å². The number of fused-ring (bicyclic) bond motifs is 1. The molecule has 2 rings (SSSR count). The smallest absolute Gasteiger partial charge is 0.123 e. The molecule has 2 aromatic rings. The summed E-state index contributed by atoms with van der Waals surface area (Å²) in [4.78, 5) is 2.18. The Bertz CT molecular complexity index is 628. The van der Waals surface area contributed by atoms with E-state index >= 15 is 0 Å². The van der Waals surface area contributed by atoms with Gasteiger partial charge in [-0.1, -0.05) is 43.3 Å². The summed E-state index contributed by atoms with van der Waals surface area (Å²) in [7, 11) is 4.15. The Morgan fingerprint density at radius 2 is 1.90 bits per heavy atom. The van der Waals surface area contributed by atoms with Gasteiger partial charge in [0.1, 0.15) is 5.75 Å². The Morgan fingerprint density at radius 3 is 2.55 bits per heavy atom. The molecule has 0 radical (unpaired) electrons. The molecule has 106 valence electrons. The third kappa shape index (κ3) is 2.86. The van der Waals surface area contributed by atoms with Crippen molar-refractivity contribution in [2.45, 2.75) is 13.8 Å². The average Bonchev–Trinajstić information content (AvgIpc) is 2.41. The molecule has 0 bridgehead atoms. The fourth-order valence-electron chi connectivity index (χ4n) is 2.88. The van der Waals surface area contributed by atoms with E-state index in [9.17, 15) is 5.11 Å². The zero-order valence-electron chi connectivity index (χ0n) is 12.7. The molecule has 0 aliphatic heterocycles. The maximum Gasteiger partial charge on any atom is 0.123 e. The number of aromatic hydroxyl groups is 1. The first-order valence-corrected chi connectivity index (χ1v) is 7.06. The van der Waals surface area contributed by atoms with Crippen LogP contribution in [0.25, 0.3) is 16.3 Å². The van der Waals surface area contributed by atoms with Gasteiger partial charge in [0.25, 0.3) is 0 Å². The molecule has 1 atom stereocenters. The van der Waals surface area contributed by atoms with Crippen LogP contribution in [0.15, 0.2) is 42.5 Å². The van der Waals surface area contributed by atoms with Gasteiger partial charge in [0.15, 0.2) is 0 Å². The molecule has 1 N–H and O–H groups in total. The number of phenols is 1. The van der Waals surface area contributed by atoms with Gasteiger partial charge >= 0.3 is 0 Å². The van der Waals surface area contributed by atoms with E-state index in [1.165, 1.54) is 5.57 Å². The van der Waals surface area contributed by atoms with E-state index in [0.29, 0.717) is 11.7 Å². The molecule has 20 heavy (non-hydrogen) atoms. The Morgan fingerprint density at radius 1 is 1.20 bits per heavy atom. The van der Waals surface area contributed by atoms with Gasteiger partial charge in [-0.15, -0.1) is 0 Å². The molecule has 0 amide bonds. The van der Waals surface area contributed by atoms with Crippen molar-refractivity contribution >= 4 is 16.3 Å². The van der Waals surface area contributed by atoms with E-state index in [4.69, 9.17) is 0 Å². The van der Waals surface area contributed by atoms with Crippen LogP contribution in [0, 0.1) is 5.92 Å². The quantitative estimate of drug-likeness (QED) is 0.901. The van der Waals surface area contributed by atoms with Gasteiger partial charge < -0.3 is 10.0 Å². The molecule has 0 aromatic heterocycles. The van der Waals surface area contributed by atoms with Crippen molar-refractivity contribution in [2.24, 2.45) is 5.92 Å². The molecule has 0 aliphatic rings. The second-order valence-corrected chi connectivity index (χ2v) is 5.59. The molecule has 2 aromatic carbocycles. The van der Waals surface area contributed by atoms with Gasteiger partial charge in [-0.05, 0) is 49.3 Å². The van der Waals surface area contributed by atoms with Gasteiger partial charge in [0.05, 0.1) is 0 Å². The summed E-state index contributed by atoms with van der Waals surface area (Å²) < 4.78 is 0. The summed E-state index contributed by atoms with van der Waals surface area (Å²) in [5.41, 5.74) is 2.17. The maximum atomic E-state index is 10.3. The fraction of sp³-hybridized carbons (Fsp3) is 0.333. The molecule has 0 saturated carbocycles. The van der Waals surface area contributed by atoms with Crippen LogP contribution in [0.1, 0.15) is 19.4 Å². The minimum Gasteiger partial charge on any atom is -0.507 e. The van der Waals surface area contributed by atoms with E-state index in [2.05, 4.69) is 44.1 Å². The number of rotatable bonds is 4. The summed E-state index contributed by atoms with van der Waals surface area (Å²) >= 11 is 0. The molecule has 0 spiro atoms. The average molecular weight is 269 g/mol. The molecule has 0 saturated heterocycles. The first-order chi connectivity index (χ1) is 9.54. The molecule has 0 heterocycles. The number of phenolic OH excluding ortho intramolecular Hbond substituents is 1. The summed E-state index contributed by atoms with van der Waals surface area (Å²) in [6.45, 7) is 5.21. The van der Waals surface area contributed by atoms with Crippen LogP contribution in [0.4, 0.5) is 0 Å². The van der Waals surface area contributed by atoms with E-state index in [1.54, 1.807) is 6.07 Å². The Balaban J connectivity index is 2.57. The van der Waals surface area contributed by atoms with Crippen LogP contribution in [-0.2, 0) is 0 Å². The second kappa shape index (κ2) is 6.10. The molecule has 1 unspecified atom stereocenters. The zero-order chi connectivity index (χ0) is 14.7. The van der Waals surface area contributed by atoms with E-state index < -0.39 is 0 Å². The Labute approximate surface area is 121 Å².